The Morgan fingerprint density at radius 3 is 2.36 bits per heavy atom. The molecular weight excluding hydrogens is 508 g/mol. The number of aryl methyl sites for hydroxylation is 2. The van der Waals surface area contributed by atoms with E-state index >= 15 is 0 Å². The number of rotatable bonds is 9. The van der Waals surface area contributed by atoms with E-state index in [2.05, 4.69) is 5.10 Å². The molecule has 0 radical (unpaired) electrons. The van der Waals surface area contributed by atoms with E-state index in [0.717, 1.165) is 27.8 Å². The van der Waals surface area contributed by atoms with Crippen LogP contribution in [0.4, 0.5) is 23.2 Å². The second-order valence-electron chi connectivity index (χ2n) is 10.2. The van der Waals surface area contributed by atoms with Gasteiger partial charge in [0.1, 0.15) is 11.5 Å². The lowest BCUT2D eigenvalue weighted by atomic mass is 9.88. The number of carboxylic acids is 1. The van der Waals surface area contributed by atoms with Crippen molar-refractivity contribution >= 4 is 17.4 Å². The Hall–Kier alpha value is -3.68. The summed E-state index contributed by atoms with van der Waals surface area (Å²) in [6.07, 6.45) is -3.00. The third-order valence-corrected chi connectivity index (χ3v) is 7.26. The molecule has 0 fully saturated rings. The summed E-state index contributed by atoms with van der Waals surface area (Å²) in [5.41, 5.74) is 4.81. The fourth-order valence-corrected chi connectivity index (χ4v) is 5.20. The fourth-order valence-electron chi connectivity index (χ4n) is 5.20. The van der Waals surface area contributed by atoms with Gasteiger partial charge < -0.3 is 5.11 Å². The van der Waals surface area contributed by atoms with Crippen LogP contribution in [-0.4, -0.2) is 29.0 Å². The number of halogens is 4. The van der Waals surface area contributed by atoms with E-state index in [0.29, 0.717) is 30.5 Å². The molecule has 0 aromatic heterocycles. The highest BCUT2D eigenvalue weighted by molar-refractivity contribution is 5.96. The summed E-state index contributed by atoms with van der Waals surface area (Å²) >= 11 is 0. The smallest absolute Gasteiger partial charge is 0.431 e. The van der Waals surface area contributed by atoms with Crippen LogP contribution in [-0.2, 0) is 11.2 Å². The molecule has 1 aliphatic rings. The van der Waals surface area contributed by atoms with E-state index in [-0.39, 0.29) is 12.2 Å². The minimum atomic E-state index is -4.63. The Kier molecular flexibility index (Phi) is 8.42. The summed E-state index contributed by atoms with van der Waals surface area (Å²) in [6, 6.07) is 16.9. The van der Waals surface area contributed by atoms with Gasteiger partial charge in [-0.2, -0.15) is 18.3 Å². The van der Waals surface area contributed by atoms with E-state index in [9.17, 15) is 27.5 Å². The molecular formula is C31H32F4N2O2. The van der Waals surface area contributed by atoms with E-state index in [1.165, 1.54) is 11.1 Å². The minimum absolute atomic E-state index is 0.225. The Labute approximate surface area is 226 Å². The molecule has 2 unspecified atom stereocenters. The van der Waals surface area contributed by atoms with Crippen molar-refractivity contribution in [2.45, 2.75) is 65.1 Å². The zero-order valence-electron chi connectivity index (χ0n) is 22.2. The molecule has 0 saturated carbocycles. The first kappa shape index (κ1) is 28.3. The SMILES string of the molecule is CCCCC1C(C(F)(F)F)=NN(c2ccc(Cc3ccc(-c4cc(C)ccc4F)cc3C)cc2)C1CC(=O)O. The summed E-state index contributed by atoms with van der Waals surface area (Å²) in [7, 11) is 0. The number of carboxylic acid groups (broad SMARTS) is 1. The number of carbonyl (C=O) groups is 1. The summed E-state index contributed by atoms with van der Waals surface area (Å²) in [5, 5.41) is 14.6. The van der Waals surface area contributed by atoms with Crippen LogP contribution in [0.1, 0.15) is 54.9 Å². The Morgan fingerprint density at radius 1 is 1.03 bits per heavy atom. The molecule has 0 saturated heterocycles. The lowest BCUT2D eigenvalue weighted by Crippen LogP contribution is -2.38. The lowest BCUT2D eigenvalue weighted by molar-refractivity contribution is -0.137. The van der Waals surface area contributed by atoms with E-state index in [1.807, 2.05) is 57.2 Å². The number of aliphatic carboxylic acids is 1. The zero-order chi connectivity index (χ0) is 28.3. The molecule has 8 heteroatoms. The lowest BCUT2D eigenvalue weighted by Gasteiger charge is -2.27. The Bertz CT molecular complexity index is 1370. The molecule has 3 aromatic carbocycles. The molecule has 1 N–H and O–H groups in total. The average molecular weight is 541 g/mol. The average Bonchev–Trinajstić information content (AvgIpc) is 3.23. The van der Waals surface area contributed by atoms with Gasteiger partial charge in [-0.25, -0.2) is 4.39 Å². The van der Waals surface area contributed by atoms with Crippen molar-refractivity contribution in [2.24, 2.45) is 11.0 Å². The molecule has 0 amide bonds. The van der Waals surface area contributed by atoms with Gasteiger partial charge in [-0.1, -0.05) is 61.7 Å². The predicted molar refractivity (Wildman–Crippen MR) is 146 cm³/mol. The maximum atomic E-state index is 14.4. The second-order valence-corrected chi connectivity index (χ2v) is 10.2. The molecule has 0 spiro atoms. The predicted octanol–water partition coefficient (Wildman–Crippen LogP) is 8.09. The number of unbranched alkanes of at least 4 members (excludes halogenated alkanes) is 1. The largest absolute Gasteiger partial charge is 0.481 e. The Morgan fingerprint density at radius 2 is 1.74 bits per heavy atom. The molecule has 2 atom stereocenters. The van der Waals surface area contributed by atoms with Gasteiger partial charge in [0.15, 0.2) is 0 Å². The highest BCUT2D eigenvalue weighted by Crippen LogP contribution is 2.39. The van der Waals surface area contributed by atoms with Gasteiger partial charge in [-0.05, 0) is 73.2 Å². The van der Waals surface area contributed by atoms with Crippen LogP contribution in [0.25, 0.3) is 11.1 Å². The van der Waals surface area contributed by atoms with Gasteiger partial charge in [-0.3, -0.25) is 9.80 Å². The van der Waals surface area contributed by atoms with Crippen LogP contribution in [0.5, 0.6) is 0 Å². The minimum Gasteiger partial charge on any atom is -0.481 e. The van der Waals surface area contributed by atoms with Gasteiger partial charge in [0, 0.05) is 11.5 Å². The fraction of sp³-hybridized carbons (Fsp3) is 0.355. The number of alkyl halides is 3. The first-order valence-electron chi connectivity index (χ1n) is 13.1. The van der Waals surface area contributed by atoms with E-state index < -0.39 is 36.2 Å². The standard InChI is InChI=1S/C31H32F4N2O2/c1-4-5-6-25-28(18-29(38)39)37(36-30(25)31(33,34)35)24-12-8-21(9-13-24)17-22-10-11-23(16-20(22)3)26-15-19(2)7-14-27(26)32/h7-16,25,28H,4-6,17-18H2,1-3H3,(H,38,39). The third-order valence-electron chi connectivity index (χ3n) is 7.26. The topological polar surface area (TPSA) is 52.9 Å². The van der Waals surface area contributed by atoms with Crippen LogP contribution in [0.3, 0.4) is 0 Å². The van der Waals surface area contributed by atoms with Crippen molar-refractivity contribution in [1.82, 2.24) is 0 Å². The highest BCUT2D eigenvalue weighted by Gasteiger charge is 2.50. The molecule has 206 valence electrons. The van der Waals surface area contributed by atoms with Crippen molar-refractivity contribution in [1.29, 1.82) is 0 Å². The van der Waals surface area contributed by atoms with Crippen molar-refractivity contribution in [3.63, 3.8) is 0 Å². The first-order valence-corrected chi connectivity index (χ1v) is 13.1. The van der Waals surface area contributed by atoms with Crippen LogP contribution in [0, 0.1) is 25.6 Å². The van der Waals surface area contributed by atoms with Gasteiger partial charge in [0.05, 0.1) is 18.2 Å². The first-order chi connectivity index (χ1) is 18.5. The van der Waals surface area contributed by atoms with E-state index in [4.69, 9.17) is 0 Å². The molecule has 3 aromatic rings. The molecule has 39 heavy (non-hydrogen) atoms. The summed E-state index contributed by atoms with van der Waals surface area (Å²) in [5.74, 6) is -2.44. The number of nitrogens with zero attached hydrogens (tertiary/aromatic N) is 2. The van der Waals surface area contributed by atoms with Crippen molar-refractivity contribution in [3.8, 4) is 11.1 Å². The summed E-state index contributed by atoms with van der Waals surface area (Å²) < 4.78 is 55.9. The van der Waals surface area contributed by atoms with Crippen LogP contribution in [0.15, 0.2) is 65.8 Å². The van der Waals surface area contributed by atoms with Crippen LogP contribution in [0.2, 0.25) is 0 Å². The summed E-state index contributed by atoms with van der Waals surface area (Å²) in [6.45, 7) is 5.77. The van der Waals surface area contributed by atoms with Gasteiger partial charge in [0.2, 0.25) is 0 Å². The third kappa shape index (κ3) is 6.49. The monoisotopic (exact) mass is 540 g/mol. The number of hydrogen-bond donors (Lipinski definition) is 1. The van der Waals surface area contributed by atoms with Crippen molar-refractivity contribution < 1.29 is 27.5 Å². The van der Waals surface area contributed by atoms with Crippen LogP contribution < -0.4 is 5.01 Å². The highest BCUT2D eigenvalue weighted by atomic mass is 19.4. The number of hydrogen-bond acceptors (Lipinski definition) is 3. The molecule has 0 bridgehead atoms. The maximum Gasteiger partial charge on any atom is 0.431 e. The molecule has 0 aliphatic carbocycles. The van der Waals surface area contributed by atoms with Gasteiger partial charge >= 0.3 is 12.1 Å². The van der Waals surface area contributed by atoms with Gasteiger partial charge in [0.25, 0.3) is 0 Å². The second kappa shape index (κ2) is 11.6. The van der Waals surface area contributed by atoms with Crippen molar-refractivity contribution in [2.75, 3.05) is 5.01 Å². The molecule has 4 nitrogen and oxygen atoms in total. The summed E-state index contributed by atoms with van der Waals surface area (Å²) in [4.78, 5) is 11.6. The molecule has 4 rings (SSSR count). The van der Waals surface area contributed by atoms with Crippen LogP contribution >= 0.6 is 0 Å². The Balaban J connectivity index is 1.57. The quantitative estimate of drug-likeness (QED) is 0.279. The molecule has 1 aliphatic heterocycles. The number of benzene rings is 3. The maximum absolute atomic E-state index is 14.4. The zero-order valence-corrected chi connectivity index (χ0v) is 22.2. The number of anilines is 1. The number of hydrazone groups is 1. The molecule has 1 heterocycles. The normalized spacial score (nSPS) is 17.4. The van der Waals surface area contributed by atoms with Gasteiger partial charge in [-0.15, -0.1) is 0 Å². The van der Waals surface area contributed by atoms with E-state index in [1.54, 1.807) is 18.2 Å². The van der Waals surface area contributed by atoms with Crippen molar-refractivity contribution in [3.05, 3.63) is 88.7 Å².